The van der Waals surface area contributed by atoms with Gasteiger partial charge in [-0.2, -0.15) is 0 Å². The predicted octanol–water partition coefficient (Wildman–Crippen LogP) is 4.30. The number of hydrogen-bond acceptors (Lipinski definition) is 5. The molecule has 0 saturated carbocycles. The largest absolute Gasteiger partial charge is 0.476 e. The van der Waals surface area contributed by atoms with Gasteiger partial charge in [0.05, 0.1) is 18.5 Å². The van der Waals surface area contributed by atoms with Crippen molar-refractivity contribution in [2.75, 3.05) is 22.4 Å². The fourth-order valence-corrected chi connectivity index (χ4v) is 4.20. The Balaban J connectivity index is 1.48. The second-order valence-corrected chi connectivity index (χ2v) is 9.28. The summed E-state index contributed by atoms with van der Waals surface area (Å²) in [6.07, 6.45) is 0.0484. The molecule has 0 saturated heterocycles. The number of nitrogens with one attached hydrogen (secondary N) is 1. The minimum Gasteiger partial charge on any atom is -0.476 e. The van der Waals surface area contributed by atoms with E-state index in [-0.39, 0.29) is 12.3 Å². The first-order chi connectivity index (χ1) is 14.8. The number of ether oxygens (including phenoxy) is 2. The molecule has 160 valence electrons. The highest BCUT2D eigenvalue weighted by Gasteiger charge is 2.35. The van der Waals surface area contributed by atoms with E-state index in [1.165, 1.54) is 6.07 Å². The Labute approximate surface area is 185 Å². The van der Waals surface area contributed by atoms with Gasteiger partial charge in [-0.3, -0.25) is 9.10 Å². The molecule has 0 aromatic heterocycles. The molecule has 3 aromatic carbocycles. The van der Waals surface area contributed by atoms with Gasteiger partial charge in [0.25, 0.3) is 5.91 Å². The van der Waals surface area contributed by atoms with Crippen LogP contribution in [-0.2, 0) is 14.8 Å². The molecule has 0 aliphatic carbocycles. The molecular weight excluding hydrogens is 440 g/mol. The third-order valence-corrected chi connectivity index (χ3v) is 5.97. The summed E-state index contributed by atoms with van der Waals surface area (Å²) in [6.45, 7) is -0.160. The van der Waals surface area contributed by atoms with Crippen molar-refractivity contribution in [1.29, 1.82) is 0 Å². The van der Waals surface area contributed by atoms with Gasteiger partial charge >= 0.3 is 0 Å². The fraction of sp³-hybridized carbons (Fsp3) is 0.136. The van der Waals surface area contributed by atoms with Gasteiger partial charge in [0.15, 0.2) is 6.10 Å². The lowest BCUT2D eigenvalue weighted by molar-refractivity contribution is -0.122. The first-order valence-corrected chi connectivity index (χ1v) is 11.6. The summed E-state index contributed by atoms with van der Waals surface area (Å²) in [4.78, 5) is 12.8. The number of halogens is 1. The van der Waals surface area contributed by atoms with E-state index in [0.29, 0.717) is 27.9 Å². The lowest BCUT2D eigenvalue weighted by Gasteiger charge is -2.34. The molecule has 1 aliphatic heterocycles. The summed E-state index contributed by atoms with van der Waals surface area (Å²) in [6, 6.07) is 20.8. The van der Waals surface area contributed by atoms with Crippen LogP contribution in [0.1, 0.15) is 0 Å². The zero-order valence-corrected chi connectivity index (χ0v) is 18.1. The van der Waals surface area contributed by atoms with Gasteiger partial charge < -0.3 is 14.8 Å². The number of benzene rings is 3. The summed E-state index contributed by atoms with van der Waals surface area (Å²) < 4.78 is 37.1. The van der Waals surface area contributed by atoms with Gasteiger partial charge in [0.2, 0.25) is 10.0 Å². The van der Waals surface area contributed by atoms with E-state index in [1.54, 1.807) is 36.4 Å². The van der Waals surface area contributed by atoms with E-state index in [4.69, 9.17) is 21.1 Å². The highest BCUT2D eigenvalue weighted by molar-refractivity contribution is 7.92. The quantitative estimate of drug-likeness (QED) is 0.616. The number of carbonyl (C=O) groups excluding carboxylic acids is 1. The molecule has 4 rings (SSSR count). The molecule has 0 spiro atoms. The van der Waals surface area contributed by atoms with E-state index in [9.17, 15) is 13.2 Å². The topological polar surface area (TPSA) is 84.9 Å². The summed E-state index contributed by atoms with van der Waals surface area (Å²) in [7, 11) is -3.63. The van der Waals surface area contributed by atoms with Crippen LogP contribution in [0, 0.1) is 0 Å². The fourth-order valence-electron chi connectivity index (χ4n) is 3.13. The van der Waals surface area contributed by atoms with E-state index < -0.39 is 22.0 Å². The van der Waals surface area contributed by atoms with Crippen LogP contribution in [0.5, 0.6) is 17.2 Å². The number of amides is 1. The average molecular weight is 459 g/mol. The van der Waals surface area contributed by atoms with Crippen LogP contribution in [0.2, 0.25) is 5.02 Å². The first-order valence-electron chi connectivity index (χ1n) is 9.37. The minimum absolute atomic E-state index is 0.160. The second-order valence-electron chi connectivity index (χ2n) is 6.94. The third kappa shape index (κ3) is 4.92. The number of nitrogens with zero attached hydrogens (tertiary/aromatic N) is 1. The Morgan fingerprint density at radius 2 is 1.74 bits per heavy atom. The second kappa shape index (κ2) is 8.49. The smallest absolute Gasteiger partial charge is 0.267 e. The number of hydrogen-bond donors (Lipinski definition) is 1. The molecule has 0 unspecified atom stereocenters. The van der Waals surface area contributed by atoms with E-state index in [0.717, 1.165) is 10.6 Å². The number of anilines is 2. The van der Waals surface area contributed by atoms with Gasteiger partial charge in [0.1, 0.15) is 17.2 Å². The molecule has 7 nitrogen and oxygen atoms in total. The molecule has 1 atom stereocenters. The normalized spacial score (nSPS) is 15.5. The van der Waals surface area contributed by atoms with Gasteiger partial charge in [0, 0.05) is 10.7 Å². The lowest BCUT2D eigenvalue weighted by atomic mass is 10.2. The summed E-state index contributed by atoms with van der Waals surface area (Å²) in [5.74, 6) is 1.13. The molecule has 1 amide bonds. The Morgan fingerprint density at radius 1 is 1.06 bits per heavy atom. The van der Waals surface area contributed by atoms with Gasteiger partial charge in [-0.25, -0.2) is 8.42 Å². The van der Waals surface area contributed by atoms with Crippen molar-refractivity contribution >= 4 is 38.9 Å². The Morgan fingerprint density at radius 3 is 2.42 bits per heavy atom. The molecule has 1 N–H and O–H groups in total. The lowest BCUT2D eigenvalue weighted by Crippen LogP contribution is -2.48. The Kier molecular flexibility index (Phi) is 5.75. The average Bonchev–Trinajstić information content (AvgIpc) is 2.74. The maximum absolute atomic E-state index is 12.8. The van der Waals surface area contributed by atoms with Crippen LogP contribution in [0.15, 0.2) is 72.8 Å². The van der Waals surface area contributed by atoms with Crippen LogP contribution in [0.25, 0.3) is 0 Å². The first kappa shape index (κ1) is 21.0. The van der Waals surface area contributed by atoms with Gasteiger partial charge in [-0.05, 0) is 54.6 Å². The summed E-state index contributed by atoms with van der Waals surface area (Å²) in [5, 5.41) is 3.12. The van der Waals surface area contributed by atoms with Gasteiger partial charge in [-0.1, -0.05) is 29.8 Å². The monoisotopic (exact) mass is 458 g/mol. The van der Waals surface area contributed by atoms with Crippen molar-refractivity contribution in [2.24, 2.45) is 0 Å². The van der Waals surface area contributed by atoms with Gasteiger partial charge in [-0.15, -0.1) is 0 Å². The zero-order valence-electron chi connectivity index (χ0n) is 16.5. The van der Waals surface area contributed by atoms with Crippen molar-refractivity contribution < 1.29 is 22.7 Å². The van der Waals surface area contributed by atoms with Crippen molar-refractivity contribution in [3.63, 3.8) is 0 Å². The zero-order chi connectivity index (χ0) is 22.0. The minimum atomic E-state index is -3.63. The Hall–Kier alpha value is -3.23. The van der Waals surface area contributed by atoms with E-state index in [2.05, 4.69) is 5.32 Å². The van der Waals surface area contributed by atoms with Crippen LogP contribution in [0.4, 0.5) is 11.4 Å². The van der Waals surface area contributed by atoms with E-state index >= 15 is 0 Å². The van der Waals surface area contributed by atoms with E-state index in [1.807, 2.05) is 30.3 Å². The number of sulfonamides is 1. The maximum Gasteiger partial charge on any atom is 0.267 e. The Bertz CT molecular complexity index is 1200. The molecule has 3 aromatic rings. The van der Waals surface area contributed by atoms with Crippen LogP contribution in [-0.4, -0.2) is 33.2 Å². The van der Waals surface area contributed by atoms with Crippen LogP contribution < -0.4 is 19.1 Å². The molecular formula is C22H19ClN2O5S. The molecule has 31 heavy (non-hydrogen) atoms. The van der Waals surface area contributed by atoms with Crippen LogP contribution in [0.3, 0.4) is 0 Å². The molecule has 1 aliphatic rings. The highest BCUT2D eigenvalue weighted by Crippen LogP contribution is 2.37. The SMILES string of the molecule is CS(=O)(=O)N1C[C@@H](C(=O)Nc2ccc(Oc3ccccc3)cc2)Oc2ccc(Cl)cc21. The standard InChI is InChI=1S/C22H19ClN2O5S/c1-31(27,28)25-14-21(30-20-12-7-15(23)13-19(20)25)22(26)24-16-8-10-18(11-9-16)29-17-5-3-2-4-6-17/h2-13,21H,14H2,1H3,(H,24,26)/t21-/m0/s1. The third-order valence-electron chi connectivity index (χ3n) is 4.58. The number of rotatable bonds is 5. The van der Waals surface area contributed by atoms with Crippen molar-refractivity contribution in [3.8, 4) is 17.2 Å². The van der Waals surface area contributed by atoms with Crippen molar-refractivity contribution in [3.05, 3.63) is 77.8 Å². The number of fused-ring (bicyclic) bond motifs is 1. The molecule has 9 heteroatoms. The summed E-state index contributed by atoms with van der Waals surface area (Å²) >= 11 is 6.00. The van der Waals surface area contributed by atoms with Crippen molar-refractivity contribution in [2.45, 2.75) is 6.10 Å². The van der Waals surface area contributed by atoms with Crippen molar-refractivity contribution in [1.82, 2.24) is 0 Å². The maximum atomic E-state index is 12.8. The number of para-hydroxylation sites is 1. The number of carbonyl (C=O) groups is 1. The molecule has 0 fully saturated rings. The molecule has 1 heterocycles. The molecule has 0 bridgehead atoms. The predicted molar refractivity (Wildman–Crippen MR) is 120 cm³/mol. The summed E-state index contributed by atoms with van der Waals surface area (Å²) in [5.41, 5.74) is 0.836. The molecule has 0 radical (unpaired) electrons. The highest BCUT2D eigenvalue weighted by atomic mass is 35.5. The van der Waals surface area contributed by atoms with Crippen LogP contribution >= 0.6 is 11.6 Å².